The number of pyridine rings is 1. The van der Waals surface area contributed by atoms with Crippen molar-refractivity contribution >= 4 is 24.2 Å². The first-order valence-corrected chi connectivity index (χ1v) is 6.81. The minimum Gasteiger partial charge on any atom is -0.289 e. The normalized spacial score (nSPS) is 10.3. The maximum atomic E-state index is 12.1. The lowest BCUT2D eigenvalue weighted by molar-refractivity contribution is -0.127. The molecule has 0 saturated heterocycles. The first kappa shape index (κ1) is 16.1. The molecule has 2 aromatic rings. The first-order chi connectivity index (χ1) is 11.2. The highest BCUT2D eigenvalue weighted by Gasteiger charge is 2.15. The minimum absolute atomic E-state index is 0.281. The fourth-order valence-electron chi connectivity index (χ4n) is 1.74. The van der Waals surface area contributed by atoms with Gasteiger partial charge in [0.15, 0.2) is 0 Å². The third kappa shape index (κ3) is 4.89. The Morgan fingerprint density at radius 2 is 1.96 bits per heavy atom. The van der Waals surface area contributed by atoms with Gasteiger partial charge in [-0.1, -0.05) is 30.3 Å². The standard InChI is InChI=1S/C17H14N3O3/c21-12-11-20(19-17(23)15-7-4-10-18-13-15)16(22)9-8-14-5-2-1-3-6-14/h1-10,13H,11H2,(H,19,23). The largest absolute Gasteiger partial charge is 0.289 e. The van der Waals surface area contributed by atoms with E-state index in [0.29, 0.717) is 0 Å². The van der Waals surface area contributed by atoms with Gasteiger partial charge < -0.3 is 0 Å². The van der Waals surface area contributed by atoms with E-state index in [9.17, 15) is 14.4 Å². The van der Waals surface area contributed by atoms with Gasteiger partial charge in [-0.05, 0) is 23.8 Å². The highest BCUT2D eigenvalue weighted by atomic mass is 16.2. The average Bonchev–Trinajstić information content (AvgIpc) is 2.61. The van der Waals surface area contributed by atoms with E-state index in [0.717, 1.165) is 10.6 Å². The zero-order valence-corrected chi connectivity index (χ0v) is 12.2. The highest BCUT2D eigenvalue weighted by molar-refractivity contribution is 5.98. The van der Waals surface area contributed by atoms with Crippen molar-refractivity contribution in [1.29, 1.82) is 0 Å². The van der Waals surface area contributed by atoms with Crippen molar-refractivity contribution in [2.75, 3.05) is 6.54 Å². The molecule has 1 radical (unpaired) electrons. The molecule has 2 rings (SSSR count). The van der Waals surface area contributed by atoms with Crippen molar-refractivity contribution in [1.82, 2.24) is 15.4 Å². The molecule has 0 aliphatic heterocycles. The number of rotatable bonds is 5. The zero-order valence-electron chi connectivity index (χ0n) is 12.2. The molecule has 0 aliphatic carbocycles. The molecule has 0 aliphatic rings. The molecule has 0 bridgehead atoms. The number of benzene rings is 1. The number of hydrazine groups is 1. The van der Waals surface area contributed by atoms with Gasteiger partial charge in [0, 0.05) is 18.5 Å². The van der Waals surface area contributed by atoms with Crippen LogP contribution < -0.4 is 5.43 Å². The Balaban J connectivity index is 2.05. The number of amides is 2. The van der Waals surface area contributed by atoms with Gasteiger partial charge in [0.2, 0.25) is 6.29 Å². The number of hydrogen-bond acceptors (Lipinski definition) is 4. The summed E-state index contributed by atoms with van der Waals surface area (Å²) in [6.07, 6.45) is 7.35. The summed E-state index contributed by atoms with van der Waals surface area (Å²) in [4.78, 5) is 38.5. The molecule has 1 aromatic heterocycles. The van der Waals surface area contributed by atoms with E-state index in [1.54, 1.807) is 24.5 Å². The van der Waals surface area contributed by atoms with Crippen LogP contribution in [0.15, 0.2) is 60.9 Å². The summed E-state index contributed by atoms with van der Waals surface area (Å²) in [6.45, 7) is -0.371. The molecule has 115 valence electrons. The van der Waals surface area contributed by atoms with Crippen LogP contribution in [0.4, 0.5) is 0 Å². The quantitative estimate of drug-likeness (QED) is 0.668. The van der Waals surface area contributed by atoms with Gasteiger partial charge in [-0.2, -0.15) is 0 Å². The molecule has 0 spiro atoms. The minimum atomic E-state index is -0.533. The second-order valence-electron chi connectivity index (χ2n) is 4.50. The second kappa shape index (κ2) is 8.23. The number of nitrogens with one attached hydrogen (secondary N) is 1. The second-order valence-corrected chi connectivity index (χ2v) is 4.50. The van der Waals surface area contributed by atoms with Crippen LogP contribution in [0.2, 0.25) is 0 Å². The maximum Gasteiger partial charge on any atom is 0.271 e. The van der Waals surface area contributed by atoms with E-state index in [1.807, 2.05) is 30.3 Å². The molecule has 23 heavy (non-hydrogen) atoms. The molecule has 0 saturated carbocycles. The summed E-state index contributed by atoms with van der Waals surface area (Å²) in [6, 6.07) is 12.3. The molecular weight excluding hydrogens is 294 g/mol. The molecule has 6 heteroatoms. The summed E-state index contributed by atoms with van der Waals surface area (Å²) >= 11 is 0. The molecule has 6 nitrogen and oxygen atoms in total. The van der Waals surface area contributed by atoms with Crippen LogP contribution in [0, 0.1) is 0 Å². The van der Waals surface area contributed by atoms with Crippen molar-refractivity contribution in [2.24, 2.45) is 0 Å². The van der Waals surface area contributed by atoms with Crippen LogP contribution >= 0.6 is 0 Å². The van der Waals surface area contributed by atoms with Gasteiger partial charge in [0.05, 0.1) is 5.56 Å². The van der Waals surface area contributed by atoms with E-state index >= 15 is 0 Å². The van der Waals surface area contributed by atoms with Gasteiger partial charge in [-0.3, -0.25) is 24.8 Å². The number of nitrogens with zero attached hydrogens (tertiary/aromatic N) is 2. The SMILES string of the molecule is O=[C]CN(NC(=O)c1cccnc1)C(=O)C=Cc1ccccc1. The van der Waals surface area contributed by atoms with Crippen molar-refractivity contribution in [2.45, 2.75) is 0 Å². The Hall–Kier alpha value is -3.28. The van der Waals surface area contributed by atoms with E-state index in [-0.39, 0.29) is 12.1 Å². The van der Waals surface area contributed by atoms with Crippen LogP contribution in [-0.2, 0) is 9.59 Å². The predicted molar refractivity (Wildman–Crippen MR) is 84.6 cm³/mol. The van der Waals surface area contributed by atoms with E-state index in [2.05, 4.69) is 10.4 Å². The Labute approximate surface area is 133 Å². The lowest BCUT2D eigenvalue weighted by Crippen LogP contribution is -2.46. The number of hydrogen-bond donors (Lipinski definition) is 1. The fourth-order valence-corrected chi connectivity index (χ4v) is 1.74. The first-order valence-electron chi connectivity index (χ1n) is 6.81. The molecule has 0 unspecified atom stereocenters. The topological polar surface area (TPSA) is 79.4 Å². The summed E-state index contributed by atoms with van der Waals surface area (Å²) in [7, 11) is 0. The van der Waals surface area contributed by atoms with Gasteiger partial charge in [0.25, 0.3) is 11.8 Å². The van der Waals surface area contributed by atoms with Gasteiger partial charge >= 0.3 is 0 Å². The van der Waals surface area contributed by atoms with E-state index in [4.69, 9.17) is 0 Å². The summed E-state index contributed by atoms with van der Waals surface area (Å²) in [5.74, 6) is -1.07. The Morgan fingerprint density at radius 3 is 2.61 bits per heavy atom. The highest BCUT2D eigenvalue weighted by Crippen LogP contribution is 2.02. The Bertz CT molecular complexity index is 700. The zero-order chi connectivity index (χ0) is 16.5. The van der Waals surface area contributed by atoms with Crippen LogP contribution in [0.5, 0.6) is 0 Å². The van der Waals surface area contributed by atoms with E-state index < -0.39 is 11.8 Å². The van der Waals surface area contributed by atoms with E-state index in [1.165, 1.54) is 18.5 Å². The number of carbonyl (C=O) groups is 2. The monoisotopic (exact) mass is 308 g/mol. The van der Waals surface area contributed by atoms with Crippen LogP contribution in [-0.4, -0.2) is 34.6 Å². The van der Waals surface area contributed by atoms with Crippen LogP contribution in [0.1, 0.15) is 15.9 Å². The fraction of sp³-hybridized carbons (Fsp3) is 0.0588. The van der Waals surface area contributed by atoms with Gasteiger partial charge in [-0.15, -0.1) is 0 Å². The molecule has 0 atom stereocenters. The summed E-state index contributed by atoms with van der Waals surface area (Å²) in [5, 5.41) is 0.891. The maximum absolute atomic E-state index is 12.1. The predicted octanol–water partition coefficient (Wildman–Crippen LogP) is 1.38. The smallest absolute Gasteiger partial charge is 0.271 e. The number of carbonyl (C=O) groups excluding carboxylic acids is 3. The molecule has 1 aromatic carbocycles. The van der Waals surface area contributed by atoms with Gasteiger partial charge in [-0.25, -0.2) is 5.01 Å². The van der Waals surface area contributed by atoms with Crippen molar-refractivity contribution in [3.8, 4) is 0 Å². The third-order valence-corrected chi connectivity index (χ3v) is 2.87. The molecule has 1 N–H and O–H groups in total. The number of aromatic nitrogens is 1. The molecular formula is C17H14N3O3. The van der Waals surface area contributed by atoms with Crippen LogP contribution in [0.3, 0.4) is 0 Å². The Morgan fingerprint density at radius 1 is 1.17 bits per heavy atom. The average molecular weight is 308 g/mol. The van der Waals surface area contributed by atoms with Crippen molar-refractivity contribution < 1.29 is 14.4 Å². The lowest BCUT2D eigenvalue weighted by Gasteiger charge is -2.19. The van der Waals surface area contributed by atoms with Crippen LogP contribution in [0.25, 0.3) is 6.08 Å². The lowest BCUT2D eigenvalue weighted by atomic mass is 10.2. The molecule has 1 heterocycles. The summed E-state index contributed by atoms with van der Waals surface area (Å²) in [5.41, 5.74) is 3.47. The third-order valence-electron chi connectivity index (χ3n) is 2.87. The molecule has 0 fully saturated rings. The Kier molecular flexibility index (Phi) is 5.76. The van der Waals surface area contributed by atoms with Gasteiger partial charge in [0.1, 0.15) is 6.54 Å². The summed E-state index contributed by atoms with van der Waals surface area (Å²) < 4.78 is 0. The van der Waals surface area contributed by atoms with Crippen molar-refractivity contribution in [3.05, 3.63) is 72.1 Å². The van der Waals surface area contributed by atoms with Crippen molar-refractivity contribution in [3.63, 3.8) is 0 Å². The molecule has 2 amide bonds.